The topological polar surface area (TPSA) is 33.3 Å². The first-order chi connectivity index (χ1) is 12.7. The summed E-state index contributed by atoms with van der Waals surface area (Å²) in [5.41, 5.74) is 3.36. The number of anilines is 1. The highest BCUT2D eigenvalue weighted by Crippen LogP contribution is 2.26. The molecule has 3 nitrogen and oxygen atoms in total. The van der Waals surface area contributed by atoms with E-state index in [0.717, 1.165) is 11.4 Å². The Balaban J connectivity index is 1.72. The Labute approximate surface area is 164 Å². The second kappa shape index (κ2) is 8.83. The van der Waals surface area contributed by atoms with Crippen molar-refractivity contribution in [3.8, 4) is 5.75 Å². The fourth-order valence-corrected chi connectivity index (χ4v) is 3.67. The van der Waals surface area contributed by atoms with Crippen molar-refractivity contribution in [2.75, 3.05) is 11.9 Å². The fourth-order valence-electron chi connectivity index (χ4n) is 2.63. The number of benzene rings is 2. The van der Waals surface area contributed by atoms with E-state index in [2.05, 4.69) is 59.3 Å². The van der Waals surface area contributed by atoms with Crippen molar-refractivity contribution >= 4 is 34.4 Å². The summed E-state index contributed by atoms with van der Waals surface area (Å²) in [7, 11) is 0. The summed E-state index contributed by atoms with van der Waals surface area (Å²) in [5, 5.41) is 9.37. The third-order valence-electron chi connectivity index (χ3n) is 3.94. The van der Waals surface area contributed by atoms with Gasteiger partial charge in [0.25, 0.3) is 0 Å². The lowest BCUT2D eigenvalue weighted by Crippen LogP contribution is -2.32. The maximum absolute atomic E-state index is 5.55. The summed E-state index contributed by atoms with van der Waals surface area (Å²) in [4.78, 5) is 1.23. The summed E-state index contributed by atoms with van der Waals surface area (Å²) in [6.07, 6.45) is 0. The van der Waals surface area contributed by atoms with Crippen LogP contribution in [0.1, 0.15) is 29.0 Å². The van der Waals surface area contributed by atoms with Crippen molar-refractivity contribution in [1.29, 1.82) is 0 Å². The number of ether oxygens (including phenoxy) is 1. The van der Waals surface area contributed by atoms with Crippen molar-refractivity contribution in [2.45, 2.75) is 19.9 Å². The molecule has 0 saturated heterocycles. The van der Waals surface area contributed by atoms with E-state index >= 15 is 0 Å². The number of hydrogen-bond donors (Lipinski definition) is 2. The summed E-state index contributed by atoms with van der Waals surface area (Å²) < 4.78 is 5.47. The van der Waals surface area contributed by atoms with Gasteiger partial charge in [-0.1, -0.05) is 35.9 Å². The molecule has 1 heterocycles. The van der Waals surface area contributed by atoms with Crippen LogP contribution in [0.3, 0.4) is 0 Å². The SMILES string of the molecule is CCOc1ccc(NC(=S)N[C@@H](c2ccc(C)cc2)c2cccs2)cc1. The van der Waals surface area contributed by atoms with Gasteiger partial charge in [-0.25, -0.2) is 0 Å². The molecule has 1 atom stereocenters. The molecule has 134 valence electrons. The minimum absolute atomic E-state index is 0.0262. The molecule has 0 spiro atoms. The molecule has 0 amide bonds. The Kier molecular flexibility index (Phi) is 6.26. The van der Waals surface area contributed by atoms with Crippen molar-refractivity contribution in [2.24, 2.45) is 0 Å². The van der Waals surface area contributed by atoms with Crippen molar-refractivity contribution in [1.82, 2.24) is 5.32 Å². The number of aryl methyl sites for hydroxylation is 1. The molecule has 2 N–H and O–H groups in total. The normalized spacial score (nSPS) is 11.6. The standard InChI is InChI=1S/C21H22N2OS2/c1-3-24-18-12-10-17(11-13-18)22-21(25)23-20(19-5-4-14-26-19)16-8-6-15(2)7-9-16/h4-14,20H,3H2,1-2H3,(H2,22,23,25)/t20-/m0/s1. The minimum Gasteiger partial charge on any atom is -0.494 e. The molecule has 5 heteroatoms. The van der Waals surface area contributed by atoms with Gasteiger partial charge in [0.15, 0.2) is 5.11 Å². The zero-order chi connectivity index (χ0) is 18.4. The lowest BCUT2D eigenvalue weighted by Gasteiger charge is -2.21. The molecule has 3 rings (SSSR count). The first-order valence-corrected chi connectivity index (χ1v) is 9.85. The number of hydrogen-bond acceptors (Lipinski definition) is 3. The summed E-state index contributed by atoms with van der Waals surface area (Å²) in [6.45, 7) is 4.72. The summed E-state index contributed by atoms with van der Waals surface area (Å²) >= 11 is 7.27. The quantitative estimate of drug-likeness (QED) is 0.549. The highest BCUT2D eigenvalue weighted by atomic mass is 32.1. The zero-order valence-corrected chi connectivity index (χ0v) is 16.5. The van der Waals surface area contributed by atoms with Gasteiger partial charge in [0.1, 0.15) is 5.75 Å². The molecule has 0 aliphatic heterocycles. The van der Waals surface area contributed by atoms with Gasteiger partial charge in [0, 0.05) is 10.6 Å². The molecule has 0 bridgehead atoms. The lowest BCUT2D eigenvalue weighted by molar-refractivity contribution is 0.340. The molecule has 2 aromatic carbocycles. The van der Waals surface area contributed by atoms with Gasteiger partial charge in [-0.15, -0.1) is 11.3 Å². The monoisotopic (exact) mass is 382 g/mol. The van der Waals surface area contributed by atoms with E-state index in [1.165, 1.54) is 16.0 Å². The Morgan fingerprint density at radius 3 is 2.42 bits per heavy atom. The van der Waals surface area contributed by atoms with E-state index < -0.39 is 0 Å². The van der Waals surface area contributed by atoms with Crippen molar-refractivity contribution in [3.63, 3.8) is 0 Å². The number of thiophene rings is 1. The predicted octanol–water partition coefficient (Wildman–Crippen LogP) is 5.53. The van der Waals surface area contributed by atoms with Gasteiger partial charge in [-0.3, -0.25) is 0 Å². The van der Waals surface area contributed by atoms with Crippen LogP contribution in [0.5, 0.6) is 5.75 Å². The van der Waals surface area contributed by atoms with E-state index in [9.17, 15) is 0 Å². The van der Waals surface area contributed by atoms with Gasteiger partial charge in [0.2, 0.25) is 0 Å². The molecule has 0 radical (unpaired) electrons. The van der Waals surface area contributed by atoms with Gasteiger partial charge < -0.3 is 15.4 Å². The smallest absolute Gasteiger partial charge is 0.171 e. The fraction of sp³-hybridized carbons (Fsp3) is 0.190. The minimum atomic E-state index is 0.0262. The van der Waals surface area contributed by atoms with E-state index in [1.54, 1.807) is 11.3 Å². The van der Waals surface area contributed by atoms with Crippen LogP contribution < -0.4 is 15.4 Å². The highest BCUT2D eigenvalue weighted by Gasteiger charge is 2.16. The molecule has 0 fully saturated rings. The first kappa shape index (κ1) is 18.4. The lowest BCUT2D eigenvalue weighted by atomic mass is 10.0. The molecular formula is C21H22N2OS2. The zero-order valence-electron chi connectivity index (χ0n) is 14.9. The Hall–Kier alpha value is -2.37. The second-order valence-corrected chi connectivity index (χ2v) is 7.30. The van der Waals surface area contributed by atoms with Gasteiger partial charge in [-0.2, -0.15) is 0 Å². The van der Waals surface area contributed by atoms with Crippen molar-refractivity contribution in [3.05, 3.63) is 82.0 Å². The summed E-state index contributed by atoms with van der Waals surface area (Å²) in [6, 6.07) is 20.6. The van der Waals surface area contributed by atoms with Crippen molar-refractivity contribution < 1.29 is 4.74 Å². The van der Waals surface area contributed by atoms with Gasteiger partial charge >= 0.3 is 0 Å². The molecule has 0 aliphatic carbocycles. The van der Waals surface area contributed by atoms with Crippen LogP contribution >= 0.6 is 23.6 Å². The first-order valence-electron chi connectivity index (χ1n) is 8.56. The van der Waals surface area contributed by atoms with E-state index in [0.29, 0.717) is 11.7 Å². The Bertz CT molecular complexity index is 827. The third-order valence-corrected chi connectivity index (χ3v) is 5.09. The molecular weight excluding hydrogens is 360 g/mol. The van der Waals surface area contributed by atoms with E-state index in [-0.39, 0.29) is 6.04 Å². The Morgan fingerprint density at radius 2 is 1.81 bits per heavy atom. The average molecular weight is 383 g/mol. The third kappa shape index (κ3) is 4.84. The molecule has 0 aliphatic rings. The molecule has 3 aromatic rings. The molecule has 0 unspecified atom stereocenters. The van der Waals surface area contributed by atoms with E-state index in [4.69, 9.17) is 17.0 Å². The number of nitrogens with one attached hydrogen (secondary N) is 2. The highest BCUT2D eigenvalue weighted by molar-refractivity contribution is 7.80. The van der Waals surface area contributed by atoms with Crippen LogP contribution in [0.4, 0.5) is 5.69 Å². The van der Waals surface area contributed by atoms with Crippen LogP contribution in [0.2, 0.25) is 0 Å². The van der Waals surface area contributed by atoms with Gasteiger partial charge in [0.05, 0.1) is 12.6 Å². The van der Waals surface area contributed by atoms with Crippen LogP contribution in [-0.2, 0) is 0 Å². The van der Waals surface area contributed by atoms with Crippen LogP contribution in [-0.4, -0.2) is 11.7 Å². The Morgan fingerprint density at radius 1 is 1.08 bits per heavy atom. The maximum atomic E-state index is 5.55. The van der Waals surface area contributed by atoms with Crippen LogP contribution in [0.15, 0.2) is 66.0 Å². The molecule has 1 aromatic heterocycles. The second-order valence-electron chi connectivity index (χ2n) is 5.91. The predicted molar refractivity (Wildman–Crippen MR) is 114 cm³/mol. The average Bonchev–Trinajstić information content (AvgIpc) is 3.17. The van der Waals surface area contributed by atoms with Crippen LogP contribution in [0.25, 0.3) is 0 Å². The van der Waals surface area contributed by atoms with Crippen LogP contribution in [0, 0.1) is 6.92 Å². The van der Waals surface area contributed by atoms with Gasteiger partial charge in [-0.05, 0) is 67.3 Å². The number of thiocarbonyl (C=S) groups is 1. The largest absolute Gasteiger partial charge is 0.494 e. The summed E-state index contributed by atoms with van der Waals surface area (Å²) in [5.74, 6) is 0.855. The molecule has 0 saturated carbocycles. The number of rotatable bonds is 6. The maximum Gasteiger partial charge on any atom is 0.171 e. The molecule has 26 heavy (non-hydrogen) atoms. The van der Waals surface area contributed by atoms with E-state index in [1.807, 2.05) is 31.2 Å².